The number of carbonyl (C=O) groups excluding carboxylic acids is 4. The number of likely N-dealkylation sites (tertiary alicyclic amines) is 1. The van der Waals surface area contributed by atoms with Crippen molar-refractivity contribution in [1.82, 2.24) is 15.5 Å². The quantitative estimate of drug-likeness (QED) is 0.339. The Balaban J connectivity index is 2.19. The molecular weight excluding hydrogens is 517 g/mol. The van der Waals surface area contributed by atoms with E-state index in [2.05, 4.69) is 16.5 Å². The van der Waals surface area contributed by atoms with Gasteiger partial charge in [-0.2, -0.15) is 0 Å². The van der Waals surface area contributed by atoms with Crippen LogP contribution in [0.3, 0.4) is 0 Å². The zero-order chi connectivity index (χ0) is 26.0. The third-order valence-electron chi connectivity index (χ3n) is 5.52. The summed E-state index contributed by atoms with van der Waals surface area (Å²) in [5, 5.41) is 6.30. The van der Waals surface area contributed by atoms with E-state index in [9.17, 15) is 19.2 Å². The van der Waals surface area contributed by atoms with Gasteiger partial charge in [-0.15, -0.1) is 0 Å². The molecule has 35 heavy (non-hydrogen) atoms. The van der Waals surface area contributed by atoms with Crippen LogP contribution in [0, 0.1) is 0 Å². The van der Waals surface area contributed by atoms with Gasteiger partial charge in [0.2, 0.25) is 0 Å². The smallest absolute Gasteiger partial charge is 0.0253 e. The molecule has 1 fully saturated rings. The molecule has 3 atom stereocenters. The number of ether oxygens (including phenoxy) is 2. The molecule has 0 radical (unpaired) electrons. The Labute approximate surface area is 213 Å². The molecule has 1 aromatic carbocycles. The fourth-order valence-corrected chi connectivity index (χ4v) is 4.89. The van der Waals surface area contributed by atoms with Crippen molar-refractivity contribution < 1.29 is 28.7 Å². The second-order valence-corrected chi connectivity index (χ2v) is 11.5. The Morgan fingerprint density at radius 2 is 1.80 bits per heavy atom. The van der Waals surface area contributed by atoms with E-state index in [0.717, 1.165) is 10.9 Å². The number of benzene rings is 1. The molecule has 1 aliphatic heterocycles. The Bertz CT molecular complexity index is 874. The normalized spacial score (nSPS) is 17.3. The first-order valence-corrected chi connectivity index (χ1v) is 14.7. The molecule has 1 heterocycles. The summed E-state index contributed by atoms with van der Waals surface area (Å²) in [6, 6.07) is 6.98. The molecule has 3 amide bonds. The third kappa shape index (κ3) is 9.18. The first kappa shape index (κ1) is 28.7. The van der Waals surface area contributed by atoms with E-state index in [1.54, 1.807) is 20.8 Å². The van der Waals surface area contributed by atoms with Gasteiger partial charge in [0, 0.05) is 0 Å². The van der Waals surface area contributed by atoms with Gasteiger partial charge in [-0.25, -0.2) is 0 Å². The minimum Gasteiger partial charge on any atom is -0.0253 e. The van der Waals surface area contributed by atoms with Crippen molar-refractivity contribution in [3.8, 4) is 0 Å². The molecule has 0 aromatic heterocycles. The first-order valence-electron chi connectivity index (χ1n) is 11.8. The summed E-state index contributed by atoms with van der Waals surface area (Å²) in [5.41, 5.74) is 0.151. The molecule has 1 saturated heterocycles. The number of hydrogen-bond acceptors (Lipinski definition) is 6. The summed E-state index contributed by atoms with van der Waals surface area (Å²) in [4.78, 5) is 52.9. The molecule has 194 valence electrons. The predicted octanol–water partition coefficient (Wildman–Crippen LogP) is 2.33. The van der Waals surface area contributed by atoms with Gasteiger partial charge in [-0.05, 0) is 20.8 Å². The van der Waals surface area contributed by atoms with Crippen LogP contribution in [0.4, 0.5) is 4.79 Å². The van der Waals surface area contributed by atoms with Gasteiger partial charge in [0.05, 0.1) is 0 Å². The van der Waals surface area contributed by atoms with E-state index in [1.807, 2.05) is 30.3 Å². The Morgan fingerprint density at radius 3 is 2.40 bits per heavy atom. The fraction of sp³-hybridized carbons (Fsp3) is 0.600. The van der Waals surface area contributed by atoms with Crippen molar-refractivity contribution in [2.75, 3.05) is 13.7 Å². The van der Waals surface area contributed by atoms with Crippen molar-refractivity contribution in [3.63, 3.8) is 0 Å². The van der Waals surface area contributed by atoms with E-state index in [-0.39, 0.29) is 18.2 Å². The average molecular weight is 555 g/mol. The van der Waals surface area contributed by atoms with Gasteiger partial charge in [-0.1, -0.05) is 18.2 Å². The van der Waals surface area contributed by atoms with Crippen LogP contribution < -0.4 is 10.6 Å². The van der Waals surface area contributed by atoms with Gasteiger partial charge in [0.15, 0.2) is 0 Å². The van der Waals surface area contributed by atoms with Crippen molar-refractivity contribution in [2.24, 2.45) is 0 Å². The number of alkyl carbamates (subject to hydrolysis) is 1. The molecule has 9 nitrogen and oxygen atoms in total. The number of methoxy groups -OCH3 is 1. The number of nitrogens with zero attached hydrogens (tertiary/aromatic N) is 1. The van der Waals surface area contributed by atoms with E-state index in [1.165, 1.54) is 12.0 Å². The van der Waals surface area contributed by atoms with Gasteiger partial charge in [0.1, 0.15) is 5.60 Å². The molecule has 0 spiro atoms. The van der Waals surface area contributed by atoms with Crippen LogP contribution in [0.5, 0.6) is 0 Å². The molecule has 0 saturated carbocycles. The van der Waals surface area contributed by atoms with Crippen molar-refractivity contribution in [2.45, 2.75) is 81.3 Å². The number of nitrogens with one attached hydrogen (secondary N) is 2. The summed E-state index contributed by atoms with van der Waals surface area (Å²) in [5.74, 6) is 0.826. The Kier molecular flexibility index (Phi) is 11.0. The van der Waals surface area contributed by atoms with Crippen LogP contribution in [-0.2, 0) is 30.3 Å². The summed E-state index contributed by atoms with van der Waals surface area (Å²) in [6.07, 6.45) is 1.18. The van der Waals surface area contributed by atoms with Crippen molar-refractivity contribution in [3.05, 3.63) is 35.9 Å². The third-order valence-corrected chi connectivity index (χ3v) is 6.87. The fourth-order valence-electron chi connectivity index (χ4n) is 3.90. The number of hydrogen-bond donors (Lipinski definition) is 2. The van der Waals surface area contributed by atoms with Crippen LogP contribution in [0.15, 0.2) is 30.3 Å². The minimum atomic E-state index is -0.903. The van der Waals surface area contributed by atoms with Gasteiger partial charge < -0.3 is 0 Å². The van der Waals surface area contributed by atoms with E-state index < -0.39 is 35.8 Å². The van der Waals surface area contributed by atoms with Crippen LogP contribution in [0.2, 0.25) is 11.1 Å². The second-order valence-electron chi connectivity index (χ2n) is 9.44. The predicted molar refractivity (Wildman–Crippen MR) is 133 cm³/mol. The molecule has 0 unspecified atom stereocenters. The summed E-state index contributed by atoms with van der Waals surface area (Å²) < 4.78 is 10.2. The molecule has 0 aliphatic carbocycles. The zero-order valence-electron chi connectivity index (χ0n) is 21.2. The SMILES string of the molecule is COC(=O)[C@H](CC[Se]C)NC(=O)[C@@H]1CCCN1C(=O)[C@H](Cc1ccccc1)NC(=O)OC(C)(C)C. The van der Waals surface area contributed by atoms with Crippen LogP contribution in [-0.4, -0.2) is 81.1 Å². The monoisotopic (exact) mass is 555 g/mol. The maximum absolute atomic E-state index is 13.6. The van der Waals surface area contributed by atoms with Crippen LogP contribution in [0.25, 0.3) is 0 Å². The zero-order valence-corrected chi connectivity index (χ0v) is 22.9. The minimum absolute atomic E-state index is 0.257. The molecule has 1 aromatic rings. The van der Waals surface area contributed by atoms with Crippen LogP contribution >= 0.6 is 0 Å². The molecule has 1 aliphatic rings. The van der Waals surface area contributed by atoms with E-state index >= 15 is 0 Å². The first-order chi connectivity index (χ1) is 16.6. The Hall–Kier alpha value is -2.58. The average Bonchev–Trinajstić information content (AvgIpc) is 3.29. The molecule has 2 N–H and O–H groups in total. The molecule has 10 heteroatoms. The Morgan fingerprint density at radius 1 is 1.11 bits per heavy atom. The second kappa shape index (κ2) is 13.5. The molecule has 0 bridgehead atoms. The van der Waals surface area contributed by atoms with Gasteiger partial charge in [0.25, 0.3) is 0 Å². The molecule has 2 rings (SSSR count). The van der Waals surface area contributed by atoms with Crippen LogP contribution in [0.1, 0.15) is 45.6 Å². The maximum atomic E-state index is 13.6. The number of esters is 1. The summed E-state index contributed by atoms with van der Waals surface area (Å²) in [6.45, 7) is 5.63. The summed E-state index contributed by atoms with van der Waals surface area (Å²) in [7, 11) is 1.29. The summed E-state index contributed by atoms with van der Waals surface area (Å²) >= 11 is 0.352. The number of carbonyl (C=O) groups is 4. The number of rotatable bonds is 10. The van der Waals surface area contributed by atoms with Gasteiger partial charge in [-0.3, -0.25) is 0 Å². The molecular formula is C25H37N3O6Se. The van der Waals surface area contributed by atoms with E-state index in [0.29, 0.717) is 40.8 Å². The topological polar surface area (TPSA) is 114 Å². The van der Waals surface area contributed by atoms with E-state index in [4.69, 9.17) is 9.47 Å². The van der Waals surface area contributed by atoms with Crippen molar-refractivity contribution >= 4 is 38.8 Å². The standard InChI is InChI=1S/C25H37N3O6Se/c1-25(2,3)34-24(32)27-19(16-17-10-7-6-8-11-17)22(30)28-14-9-12-20(28)21(29)26-18(13-15-35-5)23(31)33-4/h6-8,10-11,18-20H,9,12-16H2,1-5H3,(H,26,29)(H,27,32)/t18-,19-,20-/m0/s1. The van der Waals surface area contributed by atoms with Gasteiger partial charge >= 0.3 is 169 Å². The van der Waals surface area contributed by atoms with Crippen molar-refractivity contribution in [1.29, 1.82) is 0 Å². The number of amides is 3.